The van der Waals surface area contributed by atoms with E-state index in [2.05, 4.69) is 31.9 Å². The zero-order valence-electron chi connectivity index (χ0n) is 6.93. The highest BCUT2D eigenvalue weighted by Crippen LogP contribution is 2.19. The SMILES string of the molecule is Fc1ccc(C=CCCBr)c(Br)c1. The number of benzene rings is 1. The van der Waals surface area contributed by atoms with Gasteiger partial charge < -0.3 is 0 Å². The molecule has 0 atom stereocenters. The number of hydrogen-bond acceptors (Lipinski definition) is 0. The van der Waals surface area contributed by atoms with Gasteiger partial charge in [-0.2, -0.15) is 0 Å². The molecule has 0 N–H and O–H groups in total. The van der Waals surface area contributed by atoms with Crippen LogP contribution in [0.15, 0.2) is 28.7 Å². The summed E-state index contributed by atoms with van der Waals surface area (Å²) in [4.78, 5) is 0. The quantitative estimate of drug-likeness (QED) is 0.727. The smallest absolute Gasteiger partial charge is 0.124 e. The average molecular weight is 308 g/mol. The molecule has 0 unspecified atom stereocenters. The highest BCUT2D eigenvalue weighted by atomic mass is 79.9. The Morgan fingerprint density at radius 2 is 2.15 bits per heavy atom. The normalized spacial score (nSPS) is 11.0. The molecule has 70 valence electrons. The Morgan fingerprint density at radius 3 is 2.77 bits per heavy atom. The zero-order valence-corrected chi connectivity index (χ0v) is 10.1. The van der Waals surface area contributed by atoms with Crippen molar-refractivity contribution in [3.63, 3.8) is 0 Å². The van der Waals surface area contributed by atoms with E-state index in [9.17, 15) is 4.39 Å². The molecule has 0 aromatic heterocycles. The van der Waals surface area contributed by atoms with E-state index in [-0.39, 0.29) is 5.82 Å². The van der Waals surface area contributed by atoms with Crippen molar-refractivity contribution in [2.75, 3.05) is 5.33 Å². The van der Waals surface area contributed by atoms with Gasteiger partial charge in [0.05, 0.1) is 0 Å². The van der Waals surface area contributed by atoms with Gasteiger partial charge in [0.1, 0.15) is 5.82 Å². The molecule has 0 radical (unpaired) electrons. The number of rotatable bonds is 3. The van der Waals surface area contributed by atoms with E-state index < -0.39 is 0 Å². The summed E-state index contributed by atoms with van der Waals surface area (Å²) in [6.07, 6.45) is 5.00. The molecular weight excluding hydrogens is 299 g/mol. The fraction of sp³-hybridized carbons (Fsp3) is 0.200. The highest BCUT2D eigenvalue weighted by molar-refractivity contribution is 9.10. The van der Waals surface area contributed by atoms with Gasteiger partial charge in [0.25, 0.3) is 0 Å². The first kappa shape index (κ1) is 10.9. The van der Waals surface area contributed by atoms with Gasteiger partial charge in [0.15, 0.2) is 0 Å². The third kappa shape index (κ3) is 3.61. The fourth-order valence-corrected chi connectivity index (χ4v) is 1.66. The molecule has 0 bridgehead atoms. The summed E-state index contributed by atoms with van der Waals surface area (Å²) in [5.41, 5.74) is 1.00. The Hall–Kier alpha value is -0.150. The maximum Gasteiger partial charge on any atom is 0.124 e. The van der Waals surface area contributed by atoms with Crippen molar-refractivity contribution < 1.29 is 4.39 Å². The third-order valence-corrected chi connectivity index (χ3v) is 2.68. The Morgan fingerprint density at radius 1 is 1.38 bits per heavy atom. The summed E-state index contributed by atoms with van der Waals surface area (Å²) >= 11 is 6.63. The predicted octanol–water partition coefficient (Wildman–Crippen LogP) is 4.39. The number of hydrogen-bond donors (Lipinski definition) is 0. The first-order chi connectivity index (χ1) is 6.24. The van der Waals surface area contributed by atoms with Gasteiger partial charge in [-0.3, -0.25) is 0 Å². The van der Waals surface area contributed by atoms with Crippen molar-refractivity contribution in [1.82, 2.24) is 0 Å². The maximum absolute atomic E-state index is 12.7. The maximum atomic E-state index is 12.7. The standard InChI is InChI=1S/C10H9Br2F/c11-6-2-1-3-8-4-5-9(13)7-10(8)12/h1,3-5,7H,2,6H2. The van der Waals surface area contributed by atoms with Gasteiger partial charge in [-0.05, 0) is 24.1 Å². The number of allylic oxidation sites excluding steroid dienone is 1. The lowest BCUT2D eigenvalue weighted by molar-refractivity contribution is 0.627. The monoisotopic (exact) mass is 306 g/mol. The summed E-state index contributed by atoms with van der Waals surface area (Å²) < 4.78 is 13.5. The summed E-state index contributed by atoms with van der Waals surface area (Å²) in [5, 5.41) is 0.947. The molecule has 1 aromatic rings. The van der Waals surface area contributed by atoms with Crippen LogP contribution in [0.2, 0.25) is 0 Å². The Labute approximate surface area is 94.1 Å². The van der Waals surface area contributed by atoms with Crippen molar-refractivity contribution in [2.45, 2.75) is 6.42 Å². The van der Waals surface area contributed by atoms with E-state index in [0.29, 0.717) is 0 Å². The first-order valence-corrected chi connectivity index (χ1v) is 5.83. The van der Waals surface area contributed by atoms with Gasteiger partial charge in [0, 0.05) is 9.80 Å². The molecule has 0 nitrogen and oxygen atoms in total. The van der Waals surface area contributed by atoms with Crippen LogP contribution in [0.4, 0.5) is 4.39 Å². The second-order valence-electron chi connectivity index (χ2n) is 2.55. The van der Waals surface area contributed by atoms with Crippen molar-refractivity contribution in [1.29, 1.82) is 0 Å². The Kier molecular flexibility index (Phi) is 4.67. The minimum Gasteiger partial charge on any atom is -0.207 e. The Balaban J connectivity index is 2.77. The highest BCUT2D eigenvalue weighted by Gasteiger charge is 1.96. The minimum atomic E-state index is -0.218. The van der Waals surface area contributed by atoms with Gasteiger partial charge in [-0.25, -0.2) is 4.39 Å². The summed E-state index contributed by atoms with van der Waals surface area (Å²) in [7, 11) is 0. The van der Waals surface area contributed by atoms with E-state index in [0.717, 1.165) is 21.8 Å². The third-order valence-electron chi connectivity index (χ3n) is 1.54. The fourth-order valence-electron chi connectivity index (χ4n) is 0.910. The van der Waals surface area contributed by atoms with Gasteiger partial charge >= 0.3 is 0 Å². The average Bonchev–Trinajstić information content (AvgIpc) is 2.09. The lowest BCUT2D eigenvalue weighted by Crippen LogP contribution is -1.78. The zero-order chi connectivity index (χ0) is 9.68. The molecular formula is C10H9Br2F. The van der Waals surface area contributed by atoms with Crippen LogP contribution in [0, 0.1) is 5.82 Å². The first-order valence-electron chi connectivity index (χ1n) is 3.91. The minimum absolute atomic E-state index is 0.218. The Bertz CT molecular complexity index is 308. The van der Waals surface area contributed by atoms with Crippen molar-refractivity contribution in [3.8, 4) is 0 Å². The topological polar surface area (TPSA) is 0 Å². The van der Waals surface area contributed by atoms with E-state index in [1.54, 1.807) is 6.07 Å². The molecule has 0 aliphatic heterocycles. The van der Waals surface area contributed by atoms with Crippen molar-refractivity contribution >= 4 is 37.9 Å². The van der Waals surface area contributed by atoms with Crippen LogP contribution in [-0.2, 0) is 0 Å². The van der Waals surface area contributed by atoms with Gasteiger partial charge in [-0.1, -0.05) is 50.1 Å². The summed E-state index contributed by atoms with van der Waals surface area (Å²) in [6, 6.07) is 4.68. The predicted molar refractivity (Wildman–Crippen MR) is 61.5 cm³/mol. The summed E-state index contributed by atoms with van der Waals surface area (Å²) in [6.45, 7) is 0. The molecule has 0 heterocycles. The van der Waals surface area contributed by atoms with Crippen LogP contribution < -0.4 is 0 Å². The molecule has 1 rings (SSSR count). The molecule has 0 fully saturated rings. The van der Waals surface area contributed by atoms with E-state index >= 15 is 0 Å². The molecule has 0 aliphatic rings. The number of alkyl halides is 1. The molecule has 3 heteroatoms. The largest absolute Gasteiger partial charge is 0.207 e. The molecule has 0 amide bonds. The van der Waals surface area contributed by atoms with Crippen LogP contribution >= 0.6 is 31.9 Å². The summed E-state index contributed by atoms with van der Waals surface area (Å²) in [5.74, 6) is -0.218. The molecule has 1 aromatic carbocycles. The molecule has 0 aliphatic carbocycles. The molecule has 0 spiro atoms. The number of halogens is 3. The van der Waals surface area contributed by atoms with Crippen LogP contribution in [0.25, 0.3) is 6.08 Å². The van der Waals surface area contributed by atoms with Crippen molar-refractivity contribution in [3.05, 3.63) is 40.1 Å². The second kappa shape index (κ2) is 5.55. The molecule has 13 heavy (non-hydrogen) atoms. The second-order valence-corrected chi connectivity index (χ2v) is 4.19. The van der Waals surface area contributed by atoms with Crippen LogP contribution in [-0.4, -0.2) is 5.33 Å². The van der Waals surface area contributed by atoms with Crippen molar-refractivity contribution in [2.24, 2.45) is 0 Å². The lowest BCUT2D eigenvalue weighted by atomic mass is 10.2. The van der Waals surface area contributed by atoms with Gasteiger partial charge in [-0.15, -0.1) is 0 Å². The molecule has 0 saturated heterocycles. The van der Waals surface area contributed by atoms with Crippen LogP contribution in [0.3, 0.4) is 0 Å². The van der Waals surface area contributed by atoms with Crippen LogP contribution in [0.5, 0.6) is 0 Å². The molecule has 0 saturated carbocycles. The van der Waals surface area contributed by atoms with E-state index in [1.165, 1.54) is 12.1 Å². The van der Waals surface area contributed by atoms with E-state index in [4.69, 9.17) is 0 Å². The lowest BCUT2D eigenvalue weighted by Gasteiger charge is -1.97. The van der Waals surface area contributed by atoms with Gasteiger partial charge in [0.2, 0.25) is 0 Å². The van der Waals surface area contributed by atoms with Crippen LogP contribution in [0.1, 0.15) is 12.0 Å². The van der Waals surface area contributed by atoms with E-state index in [1.807, 2.05) is 12.2 Å².